The Morgan fingerprint density at radius 3 is 2.84 bits per heavy atom. The number of carbonyl (C=O) groups excluding carboxylic acids is 3. The molecule has 128 valence electrons. The van der Waals surface area contributed by atoms with Gasteiger partial charge in [0.1, 0.15) is 0 Å². The lowest BCUT2D eigenvalue weighted by Crippen LogP contribution is -2.22. The fourth-order valence-electron chi connectivity index (χ4n) is 2.17. The van der Waals surface area contributed by atoms with Gasteiger partial charge in [-0.2, -0.15) is 0 Å². The molecular formula is C17H13BrN2O4S. The van der Waals surface area contributed by atoms with Gasteiger partial charge in [0.2, 0.25) is 5.91 Å². The van der Waals surface area contributed by atoms with E-state index in [2.05, 4.69) is 26.6 Å². The third-order valence-electron chi connectivity index (χ3n) is 3.33. The Kier molecular flexibility index (Phi) is 5.40. The molecule has 1 aliphatic rings. The Hall–Kier alpha value is -2.32. The summed E-state index contributed by atoms with van der Waals surface area (Å²) >= 11 is 4.73. The van der Waals surface area contributed by atoms with E-state index in [0.29, 0.717) is 17.1 Å². The van der Waals surface area contributed by atoms with E-state index >= 15 is 0 Å². The number of nitrogens with one attached hydrogen (secondary N) is 2. The number of rotatable bonds is 4. The molecule has 0 bridgehead atoms. The molecule has 1 heterocycles. The van der Waals surface area contributed by atoms with Gasteiger partial charge < -0.3 is 15.4 Å². The van der Waals surface area contributed by atoms with E-state index in [-0.39, 0.29) is 11.5 Å². The third-order valence-corrected chi connectivity index (χ3v) is 5.10. The maximum Gasteiger partial charge on any atom is 0.338 e. The molecule has 0 spiro atoms. The van der Waals surface area contributed by atoms with E-state index in [1.165, 1.54) is 11.8 Å². The second-order valence-corrected chi connectivity index (χ2v) is 7.02. The van der Waals surface area contributed by atoms with Crippen molar-refractivity contribution in [3.63, 3.8) is 0 Å². The summed E-state index contributed by atoms with van der Waals surface area (Å²) in [5, 5.41) is 5.36. The summed E-state index contributed by atoms with van der Waals surface area (Å²) in [4.78, 5) is 36.3. The monoisotopic (exact) mass is 420 g/mol. The number of para-hydroxylation sites is 1. The average molecular weight is 421 g/mol. The molecule has 0 radical (unpaired) electrons. The van der Waals surface area contributed by atoms with Crippen molar-refractivity contribution in [3.8, 4) is 0 Å². The van der Waals surface area contributed by atoms with Crippen LogP contribution in [0.1, 0.15) is 10.4 Å². The number of halogens is 1. The molecule has 2 N–H and O–H groups in total. The van der Waals surface area contributed by atoms with Crippen LogP contribution in [0.4, 0.5) is 11.4 Å². The number of hydrogen-bond donors (Lipinski definition) is 2. The zero-order valence-electron chi connectivity index (χ0n) is 12.9. The highest BCUT2D eigenvalue weighted by molar-refractivity contribution is 9.10. The number of fused-ring (bicyclic) bond motifs is 1. The lowest BCUT2D eigenvalue weighted by atomic mass is 10.2. The first-order valence-electron chi connectivity index (χ1n) is 7.31. The molecule has 2 aromatic carbocycles. The Bertz CT molecular complexity index is 856. The zero-order chi connectivity index (χ0) is 17.8. The van der Waals surface area contributed by atoms with Crippen LogP contribution >= 0.6 is 27.7 Å². The number of carbonyl (C=O) groups is 3. The minimum Gasteiger partial charge on any atom is -0.452 e. The molecule has 0 unspecified atom stereocenters. The third kappa shape index (κ3) is 4.40. The Balaban J connectivity index is 1.59. The largest absolute Gasteiger partial charge is 0.452 e. The standard InChI is InChI=1S/C17H13BrN2O4S/c18-11-3-1-2-4-12(11)19-15(21)8-24-17(23)10-5-6-14-13(7-10)20-16(22)9-25-14/h1-7H,8-9H2,(H,19,21)(H,20,22). The van der Waals surface area contributed by atoms with Crippen LogP contribution < -0.4 is 10.6 Å². The van der Waals surface area contributed by atoms with Gasteiger partial charge in [0.25, 0.3) is 5.91 Å². The summed E-state index contributed by atoms with van der Waals surface area (Å²) in [6.07, 6.45) is 0. The Morgan fingerprint density at radius 1 is 1.24 bits per heavy atom. The minimum atomic E-state index is -0.630. The second-order valence-electron chi connectivity index (χ2n) is 5.15. The van der Waals surface area contributed by atoms with E-state index in [0.717, 1.165) is 9.37 Å². The predicted octanol–water partition coefficient (Wildman–Crippen LogP) is 3.29. The fraction of sp³-hybridized carbons (Fsp3) is 0.118. The summed E-state index contributed by atoms with van der Waals surface area (Å²) < 4.78 is 5.77. The molecule has 0 fully saturated rings. The van der Waals surface area contributed by atoms with Gasteiger partial charge in [-0.15, -0.1) is 11.8 Å². The molecule has 6 nitrogen and oxygen atoms in total. The lowest BCUT2D eigenvalue weighted by molar-refractivity contribution is -0.119. The van der Waals surface area contributed by atoms with Crippen LogP contribution in [0.5, 0.6) is 0 Å². The number of amides is 2. The summed E-state index contributed by atoms with van der Waals surface area (Å²) in [6, 6.07) is 12.0. The first-order valence-corrected chi connectivity index (χ1v) is 9.09. The van der Waals surface area contributed by atoms with Crippen molar-refractivity contribution in [2.75, 3.05) is 23.0 Å². The molecule has 25 heavy (non-hydrogen) atoms. The van der Waals surface area contributed by atoms with Crippen molar-refractivity contribution in [1.29, 1.82) is 0 Å². The van der Waals surface area contributed by atoms with Gasteiger partial charge in [-0.25, -0.2) is 4.79 Å². The highest BCUT2D eigenvalue weighted by Crippen LogP contribution is 2.32. The zero-order valence-corrected chi connectivity index (χ0v) is 15.3. The predicted molar refractivity (Wildman–Crippen MR) is 98.8 cm³/mol. The molecule has 2 amide bonds. The number of benzene rings is 2. The summed E-state index contributed by atoms with van der Waals surface area (Å²) in [5.41, 5.74) is 1.45. The second kappa shape index (κ2) is 7.71. The SMILES string of the molecule is O=C(COC(=O)c1ccc2c(c1)NC(=O)CS2)Nc1ccccc1Br. The number of esters is 1. The molecular weight excluding hydrogens is 408 g/mol. The molecule has 1 aliphatic heterocycles. The van der Waals surface area contributed by atoms with Crippen LogP contribution in [-0.4, -0.2) is 30.1 Å². The van der Waals surface area contributed by atoms with Crippen molar-refractivity contribution >= 4 is 56.9 Å². The molecule has 0 saturated carbocycles. The van der Waals surface area contributed by atoms with Crippen LogP contribution in [-0.2, 0) is 14.3 Å². The van der Waals surface area contributed by atoms with E-state index in [1.54, 1.807) is 36.4 Å². The minimum absolute atomic E-state index is 0.115. The summed E-state index contributed by atoms with van der Waals surface area (Å²) in [6.45, 7) is -0.404. The van der Waals surface area contributed by atoms with E-state index < -0.39 is 18.5 Å². The van der Waals surface area contributed by atoms with Crippen molar-refractivity contribution in [3.05, 3.63) is 52.5 Å². The van der Waals surface area contributed by atoms with E-state index in [9.17, 15) is 14.4 Å². The molecule has 2 aromatic rings. The van der Waals surface area contributed by atoms with Gasteiger partial charge in [0.15, 0.2) is 6.61 Å². The first kappa shape index (κ1) is 17.5. The highest BCUT2D eigenvalue weighted by atomic mass is 79.9. The molecule has 0 atom stereocenters. The molecule has 0 saturated heterocycles. The maximum absolute atomic E-state index is 12.1. The van der Waals surface area contributed by atoms with Crippen LogP contribution in [0.25, 0.3) is 0 Å². The highest BCUT2D eigenvalue weighted by Gasteiger charge is 2.18. The number of hydrogen-bond acceptors (Lipinski definition) is 5. The van der Waals surface area contributed by atoms with Crippen molar-refractivity contribution in [2.24, 2.45) is 0 Å². The smallest absolute Gasteiger partial charge is 0.338 e. The number of ether oxygens (including phenoxy) is 1. The van der Waals surface area contributed by atoms with E-state index in [1.807, 2.05) is 6.07 Å². The van der Waals surface area contributed by atoms with Crippen molar-refractivity contribution in [1.82, 2.24) is 0 Å². The Labute approximate surface area is 156 Å². The normalized spacial score (nSPS) is 12.8. The molecule has 3 rings (SSSR count). The van der Waals surface area contributed by atoms with Gasteiger partial charge in [-0.3, -0.25) is 9.59 Å². The topological polar surface area (TPSA) is 84.5 Å². The first-order chi connectivity index (χ1) is 12.0. The molecule has 0 aromatic heterocycles. The van der Waals surface area contributed by atoms with Crippen molar-refractivity contribution < 1.29 is 19.1 Å². The Morgan fingerprint density at radius 2 is 2.04 bits per heavy atom. The van der Waals surface area contributed by atoms with Crippen LogP contribution in [0, 0.1) is 0 Å². The summed E-state index contributed by atoms with van der Waals surface area (Å²) in [7, 11) is 0. The number of thioether (sulfide) groups is 1. The number of anilines is 2. The van der Waals surface area contributed by atoms with Gasteiger partial charge in [0.05, 0.1) is 22.7 Å². The summed E-state index contributed by atoms with van der Waals surface area (Å²) in [5.74, 6) is -0.834. The maximum atomic E-state index is 12.1. The lowest BCUT2D eigenvalue weighted by Gasteiger charge is -2.16. The van der Waals surface area contributed by atoms with Gasteiger partial charge >= 0.3 is 5.97 Å². The van der Waals surface area contributed by atoms with Gasteiger partial charge in [0, 0.05) is 9.37 Å². The quantitative estimate of drug-likeness (QED) is 0.741. The van der Waals surface area contributed by atoms with Crippen LogP contribution in [0.15, 0.2) is 51.8 Å². The van der Waals surface area contributed by atoms with Gasteiger partial charge in [-0.05, 0) is 46.3 Å². The van der Waals surface area contributed by atoms with Crippen molar-refractivity contribution in [2.45, 2.75) is 4.90 Å². The van der Waals surface area contributed by atoms with Crippen LogP contribution in [0.2, 0.25) is 0 Å². The van der Waals surface area contributed by atoms with Crippen LogP contribution in [0.3, 0.4) is 0 Å². The van der Waals surface area contributed by atoms with Gasteiger partial charge in [-0.1, -0.05) is 12.1 Å². The average Bonchev–Trinajstić information content (AvgIpc) is 2.61. The molecule has 8 heteroatoms. The fourth-order valence-corrected chi connectivity index (χ4v) is 3.35. The van der Waals surface area contributed by atoms with E-state index in [4.69, 9.17) is 4.74 Å². The molecule has 0 aliphatic carbocycles.